The zero-order chi connectivity index (χ0) is 17.3. The molecule has 1 aliphatic rings. The number of aromatic nitrogens is 2. The van der Waals surface area contributed by atoms with E-state index >= 15 is 0 Å². The second kappa shape index (κ2) is 8.41. The molecule has 1 fully saturated rings. The van der Waals surface area contributed by atoms with Crippen LogP contribution in [-0.2, 0) is 11.2 Å². The Morgan fingerprint density at radius 2 is 1.88 bits per heavy atom. The normalized spacial score (nSPS) is 14.3. The molecular weight excluding hydrogens is 383 g/mol. The SMILES string of the molecule is Cc1nn(-c2ccc(Cl)c(Cl)c2)c(C)c1CC(=O)N1CCNCC1.Cl. The molecule has 0 spiro atoms. The van der Waals surface area contributed by atoms with E-state index in [0.717, 1.165) is 48.8 Å². The lowest BCUT2D eigenvalue weighted by Gasteiger charge is -2.27. The number of carbonyl (C=O) groups excluding carboxylic acids is 1. The Morgan fingerprint density at radius 1 is 1.20 bits per heavy atom. The van der Waals surface area contributed by atoms with Gasteiger partial charge in [-0.25, -0.2) is 4.68 Å². The van der Waals surface area contributed by atoms with E-state index in [9.17, 15) is 4.79 Å². The van der Waals surface area contributed by atoms with Crippen LogP contribution in [-0.4, -0.2) is 46.8 Å². The second-order valence-electron chi connectivity index (χ2n) is 5.97. The number of amides is 1. The number of hydrogen-bond donors (Lipinski definition) is 1. The summed E-state index contributed by atoms with van der Waals surface area (Å²) in [5.74, 6) is 0.149. The molecule has 0 atom stereocenters. The van der Waals surface area contributed by atoms with E-state index in [2.05, 4.69) is 10.4 Å². The second-order valence-corrected chi connectivity index (χ2v) is 6.78. The predicted molar refractivity (Wildman–Crippen MR) is 103 cm³/mol. The molecule has 25 heavy (non-hydrogen) atoms. The molecule has 0 unspecified atom stereocenters. The molecule has 136 valence electrons. The fourth-order valence-corrected chi connectivity index (χ4v) is 3.27. The number of nitrogens with zero attached hydrogens (tertiary/aromatic N) is 3. The van der Waals surface area contributed by atoms with Crippen molar-refractivity contribution in [3.05, 3.63) is 45.2 Å². The van der Waals surface area contributed by atoms with Gasteiger partial charge in [-0.2, -0.15) is 5.10 Å². The maximum absolute atomic E-state index is 12.5. The third kappa shape index (κ3) is 4.29. The van der Waals surface area contributed by atoms with E-state index < -0.39 is 0 Å². The van der Waals surface area contributed by atoms with Crippen LogP contribution in [0.5, 0.6) is 0 Å². The Bertz CT molecular complexity index is 769. The highest BCUT2D eigenvalue weighted by molar-refractivity contribution is 6.42. The van der Waals surface area contributed by atoms with E-state index in [1.165, 1.54) is 0 Å². The molecule has 1 N–H and O–H groups in total. The van der Waals surface area contributed by atoms with E-state index in [-0.39, 0.29) is 18.3 Å². The Labute approximate surface area is 163 Å². The third-order valence-electron chi connectivity index (χ3n) is 4.39. The summed E-state index contributed by atoms with van der Waals surface area (Å²) < 4.78 is 1.82. The van der Waals surface area contributed by atoms with Crippen LogP contribution in [0.1, 0.15) is 17.0 Å². The molecule has 0 radical (unpaired) electrons. The monoisotopic (exact) mass is 402 g/mol. The van der Waals surface area contributed by atoms with E-state index in [4.69, 9.17) is 23.2 Å². The van der Waals surface area contributed by atoms with Crippen molar-refractivity contribution in [1.29, 1.82) is 0 Å². The van der Waals surface area contributed by atoms with Gasteiger partial charge in [0.2, 0.25) is 5.91 Å². The minimum absolute atomic E-state index is 0. The van der Waals surface area contributed by atoms with Crippen LogP contribution in [0, 0.1) is 13.8 Å². The molecule has 2 aromatic rings. The Morgan fingerprint density at radius 3 is 2.52 bits per heavy atom. The van der Waals surface area contributed by atoms with Crippen LogP contribution in [0.4, 0.5) is 0 Å². The first-order chi connectivity index (χ1) is 11.5. The number of piperazine rings is 1. The highest BCUT2D eigenvalue weighted by Gasteiger charge is 2.21. The lowest BCUT2D eigenvalue weighted by atomic mass is 10.1. The predicted octanol–water partition coefficient (Wildman–Crippen LogP) is 3.19. The summed E-state index contributed by atoms with van der Waals surface area (Å²) in [5, 5.41) is 8.84. The zero-order valence-electron chi connectivity index (χ0n) is 14.2. The number of hydrogen-bond acceptors (Lipinski definition) is 3. The summed E-state index contributed by atoms with van der Waals surface area (Å²) >= 11 is 12.1. The Balaban J connectivity index is 0.00000225. The summed E-state index contributed by atoms with van der Waals surface area (Å²) in [7, 11) is 0. The molecule has 0 aliphatic carbocycles. The fourth-order valence-electron chi connectivity index (χ4n) is 2.98. The molecule has 3 rings (SSSR count). The standard InChI is InChI=1S/C17H20Cl2N4O.ClH/c1-11-14(10-17(24)22-7-5-20-6-8-22)12(2)23(21-11)13-3-4-15(18)16(19)9-13;/h3-4,9,20H,5-8,10H2,1-2H3;1H. The zero-order valence-corrected chi connectivity index (χ0v) is 16.5. The average Bonchev–Trinajstić information content (AvgIpc) is 2.86. The average molecular weight is 404 g/mol. The van der Waals surface area contributed by atoms with Crippen molar-refractivity contribution in [1.82, 2.24) is 20.0 Å². The van der Waals surface area contributed by atoms with Gasteiger partial charge in [0.05, 0.1) is 27.8 Å². The van der Waals surface area contributed by atoms with Gasteiger partial charge in [0.15, 0.2) is 0 Å². The van der Waals surface area contributed by atoms with Gasteiger partial charge < -0.3 is 10.2 Å². The minimum Gasteiger partial charge on any atom is -0.340 e. The van der Waals surface area contributed by atoms with Crippen molar-refractivity contribution in [3.63, 3.8) is 0 Å². The Kier molecular flexibility index (Phi) is 6.74. The number of aryl methyl sites for hydroxylation is 1. The van der Waals surface area contributed by atoms with Gasteiger partial charge in [0.25, 0.3) is 0 Å². The highest BCUT2D eigenvalue weighted by Crippen LogP contribution is 2.26. The number of carbonyl (C=O) groups is 1. The van der Waals surface area contributed by atoms with Gasteiger partial charge in [0.1, 0.15) is 0 Å². The largest absolute Gasteiger partial charge is 0.340 e. The van der Waals surface area contributed by atoms with Crippen molar-refractivity contribution in [2.75, 3.05) is 26.2 Å². The van der Waals surface area contributed by atoms with Crippen LogP contribution in [0.3, 0.4) is 0 Å². The number of halogens is 3. The molecule has 1 aromatic heterocycles. The van der Waals surface area contributed by atoms with Crippen molar-refractivity contribution in [3.8, 4) is 5.69 Å². The molecule has 1 amide bonds. The number of nitrogens with one attached hydrogen (secondary N) is 1. The lowest BCUT2D eigenvalue weighted by molar-refractivity contribution is -0.131. The number of benzene rings is 1. The molecule has 2 heterocycles. The molecular formula is C17H21Cl3N4O. The highest BCUT2D eigenvalue weighted by atomic mass is 35.5. The van der Waals surface area contributed by atoms with Gasteiger partial charge >= 0.3 is 0 Å². The Hall–Kier alpha value is -1.27. The van der Waals surface area contributed by atoms with Crippen molar-refractivity contribution in [2.45, 2.75) is 20.3 Å². The van der Waals surface area contributed by atoms with Gasteiger partial charge in [-0.05, 0) is 32.0 Å². The quantitative estimate of drug-likeness (QED) is 0.856. The van der Waals surface area contributed by atoms with Gasteiger partial charge in [-0.3, -0.25) is 4.79 Å². The van der Waals surface area contributed by atoms with Crippen LogP contribution < -0.4 is 5.32 Å². The van der Waals surface area contributed by atoms with Crippen LogP contribution in [0.2, 0.25) is 10.0 Å². The topological polar surface area (TPSA) is 50.2 Å². The van der Waals surface area contributed by atoms with Crippen molar-refractivity contribution < 1.29 is 4.79 Å². The molecule has 5 nitrogen and oxygen atoms in total. The van der Waals surface area contributed by atoms with Gasteiger partial charge in [0, 0.05) is 37.4 Å². The molecule has 0 saturated carbocycles. The molecule has 1 aromatic carbocycles. The first-order valence-electron chi connectivity index (χ1n) is 7.96. The first-order valence-corrected chi connectivity index (χ1v) is 8.72. The first kappa shape index (κ1) is 20.0. The summed E-state index contributed by atoms with van der Waals surface area (Å²) in [6.45, 7) is 7.14. The number of rotatable bonds is 3. The smallest absolute Gasteiger partial charge is 0.227 e. The fraction of sp³-hybridized carbons (Fsp3) is 0.412. The van der Waals surface area contributed by atoms with E-state index in [1.54, 1.807) is 12.1 Å². The van der Waals surface area contributed by atoms with Gasteiger partial charge in [-0.1, -0.05) is 23.2 Å². The maximum Gasteiger partial charge on any atom is 0.227 e. The maximum atomic E-state index is 12.5. The van der Waals surface area contributed by atoms with Crippen molar-refractivity contribution in [2.24, 2.45) is 0 Å². The molecule has 8 heteroatoms. The van der Waals surface area contributed by atoms with Crippen LogP contribution >= 0.6 is 35.6 Å². The lowest BCUT2D eigenvalue weighted by Crippen LogP contribution is -2.47. The van der Waals surface area contributed by atoms with Gasteiger partial charge in [-0.15, -0.1) is 12.4 Å². The molecule has 1 aliphatic heterocycles. The van der Waals surface area contributed by atoms with Crippen LogP contribution in [0.25, 0.3) is 5.69 Å². The van der Waals surface area contributed by atoms with Crippen LogP contribution in [0.15, 0.2) is 18.2 Å². The molecule has 1 saturated heterocycles. The molecule has 0 bridgehead atoms. The van der Waals surface area contributed by atoms with Crippen molar-refractivity contribution >= 4 is 41.5 Å². The van der Waals surface area contributed by atoms with E-state index in [0.29, 0.717) is 16.5 Å². The summed E-state index contributed by atoms with van der Waals surface area (Å²) in [4.78, 5) is 14.4. The summed E-state index contributed by atoms with van der Waals surface area (Å²) in [6.07, 6.45) is 0.374. The summed E-state index contributed by atoms with van der Waals surface area (Å²) in [6, 6.07) is 5.40. The van der Waals surface area contributed by atoms with E-state index in [1.807, 2.05) is 29.5 Å². The third-order valence-corrected chi connectivity index (χ3v) is 5.13. The summed E-state index contributed by atoms with van der Waals surface area (Å²) in [5.41, 5.74) is 3.63. The minimum atomic E-state index is 0.